The van der Waals surface area contributed by atoms with Crippen molar-refractivity contribution in [2.75, 3.05) is 11.9 Å². The Bertz CT molecular complexity index is 499. The number of carbonyl (C=O) groups is 3. The van der Waals surface area contributed by atoms with Crippen molar-refractivity contribution in [2.45, 2.75) is 19.9 Å². The molecule has 1 atom stereocenters. The molecule has 0 spiro atoms. The first-order chi connectivity index (χ1) is 9.43. The Hall–Kier alpha value is -2.57. The van der Waals surface area contributed by atoms with Crippen molar-refractivity contribution in [3.05, 3.63) is 29.8 Å². The van der Waals surface area contributed by atoms with E-state index in [4.69, 9.17) is 5.11 Å². The van der Waals surface area contributed by atoms with Gasteiger partial charge in [0.25, 0.3) is 0 Å². The van der Waals surface area contributed by atoms with Crippen molar-refractivity contribution < 1.29 is 19.5 Å². The van der Waals surface area contributed by atoms with E-state index in [1.807, 2.05) is 0 Å². The van der Waals surface area contributed by atoms with Crippen molar-refractivity contribution in [1.82, 2.24) is 10.6 Å². The first-order valence-electron chi connectivity index (χ1n) is 6.12. The molecule has 1 unspecified atom stereocenters. The van der Waals surface area contributed by atoms with E-state index in [-0.39, 0.29) is 11.5 Å². The molecule has 3 amide bonds. The number of hydrogen-bond acceptors (Lipinski definition) is 3. The number of amides is 3. The monoisotopic (exact) mass is 279 g/mol. The van der Waals surface area contributed by atoms with Crippen molar-refractivity contribution in [2.24, 2.45) is 0 Å². The minimum Gasteiger partial charge on any atom is -0.478 e. The maximum absolute atomic E-state index is 11.6. The molecule has 0 saturated carbocycles. The van der Waals surface area contributed by atoms with Gasteiger partial charge in [-0.25, -0.2) is 9.59 Å². The average molecular weight is 279 g/mol. The summed E-state index contributed by atoms with van der Waals surface area (Å²) in [5, 5.41) is 16.3. The number of carboxylic acids is 1. The first-order valence-corrected chi connectivity index (χ1v) is 6.12. The number of likely N-dealkylation sites (N-methyl/N-ethyl adjacent to an activating group) is 1. The molecule has 0 radical (unpaired) electrons. The van der Waals surface area contributed by atoms with Crippen LogP contribution in [0, 0.1) is 0 Å². The van der Waals surface area contributed by atoms with Gasteiger partial charge < -0.3 is 21.1 Å². The zero-order valence-electron chi connectivity index (χ0n) is 11.3. The molecule has 20 heavy (non-hydrogen) atoms. The van der Waals surface area contributed by atoms with Gasteiger partial charge in [-0.2, -0.15) is 0 Å². The van der Waals surface area contributed by atoms with Crippen LogP contribution in [0.2, 0.25) is 0 Å². The molecule has 7 nitrogen and oxygen atoms in total. The summed E-state index contributed by atoms with van der Waals surface area (Å²) >= 11 is 0. The van der Waals surface area contributed by atoms with Gasteiger partial charge in [-0.05, 0) is 38.1 Å². The number of carboxylic acid groups (broad SMARTS) is 1. The zero-order valence-corrected chi connectivity index (χ0v) is 11.3. The second-order valence-corrected chi connectivity index (χ2v) is 4.10. The van der Waals surface area contributed by atoms with Gasteiger partial charge in [-0.1, -0.05) is 0 Å². The Morgan fingerprint density at radius 2 is 1.80 bits per heavy atom. The maximum Gasteiger partial charge on any atom is 0.335 e. The highest BCUT2D eigenvalue weighted by molar-refractivity contribution is 5.94. The third-order valence-corrected chi connectivity index (χ3v) is 2.48. The summed E-state index contributed by atoms with van der Waals surface area (Å²) in [5.74, 6) is -1.31. The van der Waals surface area contributed by atoms with Crippen LogP contribution in [0.4, 0.5) is 10.5 Å². The molecule has 0 aliphatic rings. The highest BCUT2D eigenvalue weighted by Crippen LogP contribution is 2.09. The Kier molecular flexibility index (Phi) is 5.52. The lowest BCUT2D eigenvalue weighted by molar-refractivity contribution is -0.122. The zero-order chi connectivity index (χ0) is 15.1. The Balaban J connectivity index is 2.54. The van der Waals surface area contributed by atoms with Gasteiger partial charge in [0.15, 0.2) is 0 Å². The Morgan fingerprint density at radius 1 is 1.20 bits per heavy atom. The molecule has 7 heteroatoms. The molecule has 0 heterocycles. The lowest BCUT2D eigenvalue weighted by Crippen LogP contribution is -2.46. The fourth-order valence-electron chi connectivity index (χ4n) is 1.45. The van der Waals surface area contributed by atoms with Gasteiger partial charge in [0.2, 0.25) is 5.91 Å². The summed E-state index contributed by atoms with van der Waals surface area (Å²) in [7, 11) is 0. The molecule has 1 aromatic rings. The highest BCUT2D eigenvalue weighted by Gasteiger charge is 2.14. The number of urea groups is 1. The molecule has 108 valence electrons. The Labute approximate surface area is 116 Å². The maximum atomic E-state index is 11.6. The second kappa shape index (κ2) is 7.13. The smallest absolute Gasteiger partial charge is 0.335 e. The fourth-order valence-corrected chi connectivity index (χ4v) is 1.45. The van der Waals surface area contributed by atoms with Crippen LogP contribution in [-0.2, 0) is 4.79 Å². The standard InChI is InChI=1S/C13H17N3O4/c1-3-14-11(17)8(2)15-13(20)16-10-6-4-9(5-7-10)12(18)19/h4-8H,3H2,1-2H3,(H,14,17)(H,18,19)(H2,15,16,20). The minimum absolute atomic E-state index is 0.131. The number of rotatable bonds is 5. The third-order valence-electron chi connectivity index (χ3n) is 2.48. The third kappa shape index (κ3) is 4.60. The van der Waals surface area contributed by atoms with E-state index in [1.54, 1.807) is 13.8 Å². The quantitative estimate of drug-likeness (QED) is 0.645. The lowest BCUT2D eigenvalue weighted by atomic mass is 10.2. The number of anilines is 1. The van der Waals surface area contributed by atoms with Gasteiger partial charge in [0.05, 0.1) is 5.56 Å². The van der Waals surface area contributed by atoms with Crippen molar-refractivity contribution in [3.63, 3.8) is 0 Å². The number of benzene rings is 1. The van der Waals surface area contributed by atoms with Crippen molar-refractivity contribution >= 4 is 23.6 Å². The van der Waals surface area contributed by atoms with Crippen LogP contribution in [0.5, 0.6) is 0 Å². The van der Waals surface area contributed by atoms with Crippen LogP contribution in [-0.4, -0.2) is 35.6 Å². The number of nitrogens with one attached hydrogen (secondary N) is 3. The van der Waals surface area contributed by atoms with Crippen LogP contribution in [0.3, 0.4) is 0 Å². The second-order valence-electron chi connectivity index (χ2n) is 4.10. The van der Waals surface area contributed by atoms with Gasteiger partial charge in [0, 0.05) is 12.2 Å². The molecule has 0 saturated heterocycles. The van der Waals surface area contributed by atoms with E-state index in [0.29, 0.717) is 12.2 Å². The van der Waals surface area contributed by atoms with E-state index in [9.17, 15) is 14.4 Å². The van der Waals surface area contributed by atoms with Crippen LogP contribution in [0.1, 0.15) is 24.2 Å². The van der Waals surface area contributed by atoms with Crippen LogP contribution < -0.4 is 16.0 Å². The number of aromatic carboxylic acids is 1. The van der Waals surface area contributed by atoms with Crippen molar-refractivity contribution in [1.29, 1.82) is 0 Å². The SMILES string of the molecule is CCNC(=O)C(C)NC(=O)Nc1ccc(C(=O)O)cc1. The van der Waals surface area contributed by atoms with Crippen LogP contribution >= 0.6 is 0 Å². The first kappa shape index (κ1) is 15.5. The van der Waals surface area contributed by atoms with Crippen molar-refractivity contribution in [3.8, 4) is 0 Å². The number of hydrogen-bond donors (Lipinski definition) is 4. The molecule has 0 aliphatic carbocycles. The van der Waals surface area contributed by atoms with Crippen LogP contribution in [0.25, 0.3) is 0 Å². The van der Waals surface area contributed by atoms with E-state index in [2.05, 4.69) is 16.0 Å². The number of carbonyl (C=O) groups excluding carboxylic acids is 2. The predicted molar refractivity (Wildman–Crippen MR) is 73.7 cm³/mol. The molecule has 1 aromatic carbocycles. The van der Waals surface area contributed by atoms with Gasteiger partial charge in [-0.15, -0.1) is 0 Å². The minimum atomic E-state index is -1.04. The molecule has 0 aromatic heterocycles. The molecule has 4 N–H and O–H groups in total. The van der Waals surface area contributed by atoms with E-state index >= 15 is 0 Å². The van der Waals surface area contributed by atoms with Gasteiger partial charge in [-0.3, -0.25) is 4.79 Å². The van der Waals surface area contributed by atoms with Gasteiger partial charge >= 0.3 is 12.0 Å². The van der Waals surface area contributed by atoms with E-state index < -0.39 is 18.0 Å². The summed E-state index contributed by atoms with van der Waals surface area (Å²) in [5.41, 5.74) is 0.572. The normalized spacial score (nSPS) is 11.3. The largest absolute Gasteiger partial charge is 0.478 e. The van der Waals surface area contributed by atoms with Gasteiger partial charge in [0.1, 0.15) is 6.04 Å². The summed E-state index contributed by atoms with van der Waals surface area (Å²) in [4.78, 5) is 33.7. The van der Waals surface area contributed by atoms with E-state index in [1.165, 1.54) is 24.3 Å². The summed E-state index contributed by atoms with van der Waals surface area (Å²) in [6.45, 7) is 3.84. The molecule has 0 aliphatic heterocycles. The topological polar surface area (TPSA) is 108 Å². The lowest BCUT2D eigenvalue weighted by Gasteiger charge is -2.14. The average Bonchev–Trinajstić information content (AvgIpc) is 2.39. The Morgan fingerprint density at radius 3 is 2.30 bits per heavy atom. The van der Waals surface area contributed by atoms with E-state index in [0.717, 1.165) is 0 Å². The molecule has 1 rings (SSSR count). The highest BCUT2D eigenvalue weighted by atomic mass is 16.4. The summed E-state index contributed by atoms with van der Waals surface area (Å²) in [6.07, 6.45) is 0. The fraction of sp³-hybridized carbons (Fsp3) is 0.308. The predicted octanol–water partition coefficient (Wildman–Crippen LogP) is 1.03. The molecular formula is C13H17N3O4. The molecule has 0 bridgehead atoms. The molecule has 0 fully saturated rings. The summed E-state index contributed by atoms with van der Waals surface area (Å²) in [6, 6.07) is 4.51. The van der Waals surface area contributed by atoms with Crippen LogP contribution in [0.15, 0.2) is 24.3 Å². The molecular weight excluding hydrogens is 262 g/mol. The summed E-state index contributed by atoms with van der Waals surface area (Å²) < 4.78 is 0.